The summed E-state index contributed by atoms with van der Waals surface area (Å²) in [6.45, 7) is 2.78. The lowest BCUT2D eigenvalue weighted by Gasteiger charge is -2.43. The first-order chi connectivity index (χ1) is 7.20. The minimum absolute atomic E-state index is 0.156. The van der Waals surface area contributed by atoms with Crippen molar-refractivity contribution in [3.8, 4) is 0 Å². The minimum atomic E-state index is -0.653. The SMILES string of the molecule is CCOC1CC(NC2CCC2C(=O)O)C1. The Morgan fingerprint density at radius 1 is 1.47 bits per heavy atom. The molecule has 4 nitrogen and oxygen atoms in total. The molecular formula is C11H19NO3. The van der Waals surface area contributed by atoms with E-state index in [2.05, 4.69) is 5.32 Å². The molecule has 86 valence electrons. The highest BCUT2D eigenvalue weighted by Crippen LogP contribution is 2.31. The van der Waals surface area contributed by atoms with Crippen LogP contribution in [-0.4, -0.2) is 35.9 Å². The predicted octanol–water partition coefficient (Wildman–Crippen LogP) is 1.01. The first-order valence-electron chi connectivity index (χ1n) is 5.81. The zero-order valence-electron chi connectivity index (χ0n) is 9.11. The maximum absolute atomic E-state index is 10.8. The van der Waals surface area contributed by atoms with Crippen LogP contribution < -0.4 is 5.32 Å². The van der Waals surface area contributed by atoms with E-state index < -0.39 is 5.97 Å². The van der Waals surface area contributed by atoms with E-state index in [-0.39, 0.29) is 12.0 Å². The van der Waals surface area contributed by atoms with Crippen molar-refractivity contribution >= 4 is 5.97 Å². The van der Waals surface area contributed by atoms with Gasteiger partial charge in [-0.3, -0.25) is 4.79 Å². The first-order valence-corrected chi connectivity index (χ1v) is 5.81. The molecule has 0 heterocycles. The zero-order chi connectivity index (χ0) is 10.8. The third-order valence-electron chi connectivity index (χ3n) is 3.54. The highest BCUT2D eigenvalue weighted by molar-refractivity contribution is 5.72. The average Bonchev–Trinajstić information content (AvgIpc) is 2.05. The van der Waals surface area contributed by atoms with Crippen LogP contribution in [0.3, 0.4) is 0 Å². The quantitative estimate of drug-likeness (QED) is 0.715. The fourth-order valence-electron chi connectivity index (χ4n) is 2.37. The highest BCUT2D eigenvalue weighted by atomic mass is 16.5. The van der Waals surface area contributed by atoms with Gasteiger partial charge in [-0.15, -0.1) is 0 Å². The standard InChI is InChI=1S/C11H19NO3/c1-2-15-8-5-7(6-8)12-10-4-3-9(10)11(13)14/h7-10,12H,2-6H2,1H3,(H,13,14). The van der Waals surface area contributed by atoms with E-state index in [1.165, 1.54) is 0 Å². The summed E-state index contributed by atoms with van der Waals surface area (Å²) in [6, 6.07) is 0.684. The van der Waals surface area contributed by atoms with Crippen molar-refractivity contribution in [3.63, 3.8) is 0 Å². The van der Waals surface area contributed by atoms with Crippen LogP contribution in [-0.2, 0) is 9.53 Å². The van der Waals surface area contributed by atoms with E-state index in [9.17, 15) is 4.79 Å². The Morgan fingerprint density at radius 3 is 2.67 bits per heavy atom. The lowest BCUT2D eigenvalue weighted by atomic mass is 9.77. The molecule has 0 aromatic heterocycles. The Kier molecular flexibility index (Phi) is 3.26. The molecule has 2 unspecified atom stereocenters. The fraction of sp³-hybridized carbons (Fsp3) is 0.909. The second kappa shape index (κ2) is 4.49. The zero-order valence-corrected chi connectivity index (χ0v) is 9.11. The summed E-state index contributed by atoms with van der Waals surface area (Å²) in [5, 5.41) is 12.3. The molecule has 0 aromatic rings. The highest BCUT2D eigenvalue weighted by Gasteiger charge is 2.40. The summed E-state index contributed by atoms with van der Waals surface area (Å²) < 4.78 is 5.46. The van der Waals surface area contributed by atoms with Crippen LogP contribution in [0.5, 0.6) is 0 Å². The molecule has 2 fully saturated rings. The number of hydrogen-bond acceptors (Lipinski definition) is 3. The van der Waals surface area contributed by atoms with Gasteiger partial charge in [-0.25, -0.2) is 0 Å². The second-order valence-electron chi connectivity index (χ2n) is 4.54. The lowest BCUT2D eigenvalue weighted by Crippen LogP contribution is -2.56. The smallest absolute Gasteiger partial charge is 0.308 e. The molecule has 0 saturated heterocycles. The molecule has 2 aliphatic rings. The molecule has 0 aromatic carbocycles. The van der Waals surface area contributed by atoms with Crippen molar-refractivity contribution in [2.24, 2.45) is 5.92 Å². The van der Waals surface area contributed by atoms with E-state index in [4.69, 9.17) is 9.84 Å². The van der Waals surface area contributed by atoms with Crippen molar-refractivity contribution in [2.45, 2.75) is 50.8 Å². The van der Waals surface area contributed by atoms with Gasteiger partial charge in [-0.2, -0.15) is 0 Å². The number of nitrogens with one attached hydrogen (secondary N) is 1. The van der Waals surface area contributed by atoms with E-state index in [1.807, 2.05) is 6.92 Å². The van der Waals surface area contributed by atoms with Crippen LogP contribution >= 0.6 is 0 Å². The summed E-state index contributed by atoms with van der Waals surface area (Å²) >= 11 is 0. The van der Waals surface area contributed by atoms with Crippen LogP contribution in [0.15, 0.2) is 0 Å². The van der Waals surface area contributed by atoms with Crippen LogP contribution in [0.4, 0.5) is 0 Å². The predicted molar refractivity (Wildman–Crippen MR) is 55.7 cm³/mol. The number of ether oxygens (including phenoxy) is 1. The molecule has 2 atom stereocenters. The molecule has 2 aliphatic carbocycles. The van der Waals surface area contributed by atoms with Crippen molar-refractivity contribution < 1.29 is 14.6 Å². The van der Waals surface area contributed by atoms with Crippen molar-refractivity contribution in [1.82, 2.24) is 5.32 Å². The van der Waals surface area contributed by atoms with E-state index in [1.54, 1.807) is 0 Å². The molecule has 2 saturated carbocycles. The molecular weight excluding hydrogens is 194 g/mol. The number of carboxylic acids is 1. The van der Waals surface area contributed by atoms with E-state index in [0.29, 0.717) is 12.1 Å². The average molecular weight is 213 g/mol. The summed E-state index contributed by atoms with van der Waals surface area (Å²) in [5.74, 6) is -0.810. The monoisotopic (exact) mass is 213 g/mol. The third-order valence-corrected chi connectivity index (χ3v) is 3.54. The number of rotatable bonds is 5. The first kappa shape index (κ1) is 10.9. The Morgan fingerprint density at radius 2 is 2.20 bits per heavy atom. The molecule has 0 radical (unpaired) electrons. The van der Waals surface area contributed by atoms with Gasteiger partial charge < -0.3 is 15.2 Å². The van der Waals surface area contributed by atoms with Gasteiger partial charge in [-0.1, -0.05) is 0 Å². The van der Waals surface area contributed by atoms with E-state index >= 15 is 0 Å². The fourth-order valence-corrected chi connectivity index (χ4v) is 2.37. The Labute approximate surface area is 90.0 Å². The number of carbonyl (C=O) groups is 1. The van der Waals surface area contributed by atoms with Gasteiger partial charge in [0.2, 0.25) is 0 Å². The van der Waals surface area contributed by atoms with Gasteiger partial charge in [0.25, 0.3) is 0 Å². The van der Waals surface area contributed by atoms with Crippen LogP contribution in [0, 0.1) is 5.92 Å². The number of carboxylic acid groups (broad SMARTS) is 1. The van der Waals surface area contributed by atoms with Gasteiger partial charge in [0.1, 0.15) is 0 Å². The summed E-state index contributed by atoms with van der Waals surface area (Å²) in [4.78, 5) is 10.8. The summed E-state index contributed by atoms with van der Waals surface area (Å²) in [7, 11) is 0. The third kappa shape index (κ3) is 2.32. The lowest BCUT2D eigenvalue weighted by molar-refractivity contribution is -0.146. The van der Waals surface area contributed by atoms with Gasteiger partial charge in [0, 0.05) is 18.7 Å². The normalized spacial score (nSPS) is 39.3. The topological polar surface area (TPSA) is 58.6 Å². The van der Waals surface area contributed by atoms with Crippen LogP contribution in [0.25, 0.3) is 0 Å². The van der Waals surface area contributed by atoms with Gasteiger partial charge in [-0.05, 0) is 32.6 Å². The van der Waals surface area contributed by atoms with Crippen molar-refractivity contribution in [2.75, 3.05) is 6.61 Å². The Bertz CT molecular complexity index is 238. The summed E-state index contributed by atoms with van der Waals surface area (Å²) in [6.07, 6.45) is 4.31. The number of hydrogen-bond donors (Lipinski definition) is 2. The van der Waals surface area contributed by atoms with Crippen LogP contribution in [0.2, 0.25) is 0 Å². The molecule has 4 heteroatoms. The van der Waals surface area contributed by atoms with Gasteiger partial charge >= 0.3 is 5.97 Å². The van der Waals surface area contributed by atoms with Crippen molar-refractivity contribution in [1.29, 1.82) is 0 Å². The molecule has 15 heavy (non-hydrogen) atoms. The van der Waals surface area contributed by atoms with Gasteiger partial charge in [0.15, 0.2) is 0 Å². The molecule has 0 aliphatic heterocycles. The maximum atomic E-state index is 10.8. The summed E-state index contributed by atoms with van der Waals surface area (Å²) in [5.41, 5.74) is 0. The van der Waals surface area contributed by atoms with E-state index in [0.717, 1.165) is 32.3 Å². The molecule has 0 bridgehead atoms. The second-order valence-corrected chi connectivity index (χ2v) is 4.54. The maximum Gasteiger partial charge on any atom is 0.308 e. The molecule has 2 rings (SSSR count). The Balaban J connectivity index is 1.65. The minimum Gasteiger partial charge on any atom is -0.481 e. The van der Waals surface area contributed by atoms with Gasteiger partial charge in [0.05, 0.1) is 12.0 Å². The largest absolute Gasteiger partial charge is 0.481 e. The van der Waals surface area contributed by atoms with Crippen LogP contribution in [0.1, 0.15) is 32.6 Å². The number of aliphatic carboxylic acids is 1. The molecule has 2 N–H and O–H groups in total. The molecule has 0 spiro atoms. The van der Waals surface area contributed by atoms with Crippen molar-refractivity contribution in [3.05, 3.63) is 0 Å². The Hall–Kier alpha value is -0.610. The molecule has 0 amide bonds.